The van der Waals surface area contributed by atoms with Crippen molar-refractivity contribution < 1.29 is 18.6 Å². The van der Waals surface area contributed by atoms with Gasteiger partial charge in [-0.2, -0.15) is 0 Å². The number of anilines is 1. The largest absolute Gasteiger partial charge is 0.387 e. The van der Waals surface area contributed by atoms with Crippen molar-refractivity contribution in [2.75, 3.05) is 24.6 Å². The summed E-state index contributed by atoms with van der Waals surface area (Å²) in [5.41, 5.74) is 5.21. The van der Waals surface area contributed by atoms with E-state index in [0.717, 1.165) is 29.8 Å². The fraction of sp³-hybridized carbons (Fsp3) is 0.385. The molecule has 4 aromatic rings. The molecule has 0 saturated carbocycles. The van der Waals surface area contributed by atoms with Crippen LogP contribution in [0.3, 0.4) is 0 Å². The molecule has 184 valence electrons. The molecule has 36 heavy (non-hydrogen) atoms. The fourth-order valence-electron chi connectivity index (χ4n) is 5.85. The van der Waals surface area contributed by atoms with E-state index < -0.39 is 18.6 Å². The first kappa shape index (κ1) is 21.8. The number of aliphatic hydroxyl groups excluding tert-OH is 1. The van der Waals surface area contributed by atoms with E-state index in [4.69, 9.17) is 14.7 Å². The number of aryl methyl sites for hydroxylation is 1. The molecule has 3 aromatic heterocycles. The molecule has 2 unspecified atom stereocenters. The second kappa shape index (κ2) is 7.75. The Hall–Kier alpha value is -3.50. The van der Waals surface area contributed by atoms with Crippen LogP contribution in [-0.2, 0) is 23.3 Å². The quantitative estimate of drug-likeness (QED) is 0.461. The van der Waals surface area contributed by atoms with Crippen molar-refractivity contribution in [3.05, 3.63) is 65.7 Å². The van der Waals surface area contributed by atoms with Gasteiger partial charge in [0.05, 0.1) is 24.4 Å². The van der Waals surface area contributed by atoms with Crippen molar-refractivity contribution in [1.82, 2.24) is 24.5 Å². The van der Waals surface area contributed by atoms with E-state index in [2.05, 4.69) is 38.8 Å². The minimum Gasteiger partial charge on any atom is -0.387 e. The molecule has 2 atom stereocenters. The maximum atomic E-state index is 14.0. The Morgan fingerprint density at radius 3 is 2.72 bits per heavy atom. The van der Waals surface area contributed by atoms with Gasteiger partial charge in [0, 0.05) is 24.5 Å². The number of halogens is 2. The average molecular weight is 491 g/mol. The smallest absolute Gasteiger partial charge is 0.290 e. The summed E-state index contributed by atoms with van der Waals surface area (Å²) in [5, 5.41) is 9.54. The van der Waals surface area contributed by atoms with E-state index in [0.29, 0.717) is 24.5 Å². The zero-order valence-corrected chi connectivity index (χ0v) is 19.4. The van der Waals surface area contributed by atoms with Crippen molar-refractivity contribution in [3.8, 4) is 11.3 Å². The highest BCUT2D eigenvalue weighted by atomic mass is 19.3. The van der Waals surface area contributed by atoms with Crippen molar-refractivity contribution in [2.45, 2.75) is 43.4 Å². The van der Waals surface area contributed by atoms with Crippen LogP contribution in [0.1, 0.15) is 29.8 Å². The number of hydrogen-bond donors (Lipinski definition) is 1. The van der Waals surface area contributed by atoms with Gasteiger partial charge in [0.1, 0.15) is 24.1 Å². The molecule has 1 N–H and O–H groups in total. The van der Waals surface area contributed by atoms with E-state index in [9.17, 15) is 13.9 Å². The molecule has 1 saturated heterocycles. The van der Waals surface area contributed by atoms with Crippen LogP contribution >= 0.6 is 0 Å². The third-order valence-corrected chi connectivity index (χ3v) is 7.68. The van der Waals surface area contributed by atoms with Crippen molar-refractivity contribution in [2.24, 2.45) is 0 Å². The monoisotopic (exact) mass is 490 g/mol. The van der Waals surface area contributed by atoms with Crippen LogP contribution in [0, 0.1) is 0 Å². The van der Waals surface area contributed by atoms with Gasteiger partial charge in [0.2, 0.25) is 5.95 Å². The Balaban J connectivity index is 1.26. The maximum Gasteiger partial charge on any atom is 0.290 e. The van der Waals surface area contributed by atoms with Gasteiger partial charge in [-0.3, -0.25) is 4.57 Å². The SMILES string of the molecule is OC1CCN(c2ncc(-c3ccc4nc5n(c4n3)C3(CCc4ccccc43)COC5)cn2)CC1(F)F. The molecule has 0 bridgehead atoms. The van der Waals surface area contributed by atoms with Crippen LogP contribution in [0.2, 0.25) is 0 Å². The Labute approximate surface area is 205 Å². The number of benzene rings is 1. The molecule has 2 aliphatic heterocycles. The van der Waals surface area contributed by atoms with Crippen LogP contribution < -0.4 is 4.90 Å². The van der Waals surface area contributed by atoms with Gasteiger partial charge in [-0.15, -0.1) is 0 Å². The van der Waals surface area contributed by atoms with Gasteiger partial charge in [-0.1, -0.05) is 24.3 Å². The Morgan fingerprint density at radius 2 is 1.89 bits per heavy atom. The lowest BCUT2D eigenvalue weighted by Gasteiger charge is -2.37. The van der Waals surface area contributed by atoms with Gasteiger partial charge < -0.3 is 14.7 Å². The molecular formula is C26H24F2N6O2. The van der Waals surface area contributed by atoms with Gasteiger partial charge in [-0.05, 0) is 42.5 Å². The molecule has 0 radical (unpaired) electrons. The number of pyridine rings is 1. The molecule has 10 heteroatoms. The molecule has 7 rings (SSSR count). The molecule has 1 fully saturated rings. The lowest BCUT2D eigenvalue weighted by atomic mass is 9.91. The summed E-state index contributed by atoms with van der Waals surface area (Å²) >= 11 is 0. The fourth-order valence-corrected chi connectivity index (χ4v) is 5.85. The molecule has 8 nitrogen and oxygen atoms in total. The standard InChI is InChI=1S/C26H24F2N6O2/c27-26(28)14-33(10-8-21(26)35)24-29-11-17(12-30-24)19-5-6-20-23(32-19)34-22(31-20)13-36-15-25(34)9-7-16-3-1-2-4-18(16)25/h1-6,11-12,21,35H,7-10,13-15H2. The molecule has 1 spiro atoms. The summed E-state index contributed by atoms with van der Waals surface area (Å²) in [6.07, 6.45) is 3.45. The maximum absolute atomic E-state index is 14.0. The number of ether oxygens (including phenoxy) is 1. The predicted molar refractivity (Wildman–Crippen MR) is 128 cm³/mol. The summed E-state index contributed by atoms with van der Waals surface area (Å²) in [5.74, 6) is -2.11. The van der Waals surface area contributed by atoms with Crippen LogP contribution in [0.5, 0.6) is 0 Å². The summed E-state index contributed by atoms with van der Waals surface area (Å²) in [4.78, 5) is 19.9. The number of piperidine rings is 1. The van der Waals surface area contributed by atoms with Crippen molar-refractivity contribution in [1.29, 1.82) is 0 Å². The van der Waals surface area contributed by atoms with E-state index in [-0.39, 0.29) is 24.5 Å². The van der Waals surface area contributed by atoms with Crippen molar-refractivity contribution >= 4 is 17.1 Å². The number of hydrogen-bond acceptors (Lipinski definition) is 7. The van der Waals surface area contributed by atoms with E-state index >= 15 is 0 Å². The molecule has 0 amide bonds. The first-order valence-electron chi connectivity index (χ1n) is 12.1. The first-order chi connectivity index (χ1) is 17.4. The number of aliphatic hydroxyl groups is 1. The zero-order chi connectivity index (χ0) is 24.5. The average Bonchev–Trinajstić information content (AvgIpc) is 3.45. The van der Waals surface area contributed by atoms with Gasteiger partial charge in [0.15, 0.2) is 5.65 Å². The third kappa shape index (κ3) is 3.17. The molecule has 1 aliphatic carbocycles. The number of fused-ring (bicyclic) bond motifs is 6. The van der Waals surface area contributed by atoms with E-state index in [1.807, 2.05) is 12.1 Å². The lowest BCUT2D eigenvalue weighted by molar-refractivity contribution is -0.113. The molecule has 5 heterocycles. The van der Waals surface area contributed by atoms with Gasteiger partial charge >= 0.3 is 0 Å². The highest BCUT2D eigenvalue weighted by Gasteiger charge is 2.46. The third-order valence-electron chi connectivity index (χ3n) is 7.68. The minimum atomic E-state index is -3.19. The summed E-state index contributed by atoms with van der Waals surface area (Å²) in [7, 11) is 0. The number of nitrogens with zero attached hydrogens (tertiary/aromatic N) is 6. The molecule has 3 aliphatic rings. The highest BCUT2D eigenvalue weighted by molar-refractivity contribution is 5.77. The predicted octanol–water partition coefficient (Wildman–Crippen LogP) is 3.31. The normalized spacial score (nSPS) is 24.8. The Kier molecular flexibility index (Phi) is 4.68. The second-order valence-corrected chi connectivity index (χ2v) is 9.84. The summed E-state index contributed by atoms with van der Waals surface area (Å²) < 4.78 is 36.2. The minimum absolute atomic E-state index is 0.0305. The van der Waals surface area contributed by atoms with E-state index in [1.54, 1.807) is 12.4 Å². The lowest BCUT2D eigenvalue weighted by Crippen LogP contribution is -2.52. The molecular weight excluding hydrogens is 466 g/mol. The highest BCUT2D eigenvalue weighted by Crippen LogP contribution is 2.45. The number of alkyl halides is 2. The van der Waals surface area contributed by atoms with Crippen LogP contribution in [0.25, 0.3) is 22.4 Å². The number of aromatic nitrogens is 5. The Bertz CT molecular complexity index is 1470. The van der Waals surface area contributed by atoms with Crippen LogP contribution in [0.4, 0.5) is 14.7 Å². The van der Waals surface area contributed by atoms with Crippen molar-refractivity contribution in [3.63, 3.8) is 0 Å². The number of rotatable bonds is 2. The Morgan fingerprint density at radius 1 is 1.06 bits per heavy atom. The van der Waals surface area contributed by atoms with E-state index in [1.165, 1.54) is 16.0 Å². The zero-order valence-electron chi connectivity index (χ0n) is 19.4. The van der Waals surface area contributed by atoms with Gasteiger partial charge in [0.25, 0.3) is 5.92 Å². The number of imidazole rings is 1. The van der Waals surface area contributed by atoms with Gasteiger partial charge in [-0.25, -0.2) is 28.7 Å². The molecule has 1 aromatic carbocycles. The van der Waals surface area contributed by atoms with Crippen LogP contribution in [-0.4, -0.2) is 61.3 Å². The topological polar surface area (TPSA) is 89.2 Å². The summed E-state index contributed by atoms with van der Waals surface area (Å²) in [6, 6.07) is 12.3. The first-order valence-corrected chi connectivity index (χ1v) is 12.1. The second-order valence-electron chi connectivity index (χ2n) is 9.84. The summed E-state index contributed by atoms with van der Waals surface area (Å²) in [6.45, 7) is 0.670. The van der Waals surface area contributed by atoms with Crippen LogP contribution in [0.15, 0.2) is 48.8 Å².